The maximum Gasteiger partial charge on any atom is 0.291 e. The van der Waals surface area contributed by atoms with Gasteiger partial charge in [-0.3, -0.25) is 9.89 Å². The second-order valence-electron chi connectivity index (χ2n) is 4.63. The van der Waals surface area contributed by atoms with Gasteiger partial charge in [0.2, 0.25) is 5.82 Å². The molecule has 1 saturated carbocycles. The molecule has 1 aromatic rings. The van der Waals surface area contributed by atoms with Crippen LogP contribution in [0.1, 0.15) is 42.1 Å². The number of aromatic amines is 1. The van der Waals surface area contributed by atoms with E-state index in [2.05, 4.69) is 25.8 Å². The molecule has 18 heavy (non-hydrogen) atoms. The van der Waals surface area contributed by atoms with Crippen LogP contribution in [-0.2, 0) is 0 Å². The van der Waals surface area contributed by atoms with Crippen LogP contribution < -0.4 is 10.6 Å². The number of aliphatic hydroxyl groups excluding tert-OH is 1. The Morgan fingerprint density at radius 3 is 3.00 bits per heavy atom. The highest BCUT2D eigenvalue weighted by atomic mass is 16.3. The molecule has 2 rings (SSSR count). The van der Waals surface area contributed by atoms with Gasteiger partial charge in [-0.2, -0.15) is 0 Å². The lowest BCUT2D eigenvalue weighted by Gasteiger charge is -2.06. The maximum atomic E-state index is 11.7. The Morgan fingerprint density at radius 2 is 2.33 bits per heavy atom. The average molecular weight is 253 g/mol. The molecule has 0 aliphatic heterocycles. The molecule has 0 aromatic carbocycles. The first-order chi connectivity index (χ1) is 8.66. The molecular formula is C11H19N5O2. The van der Waals surface area contributed by atoms with Crippen LogP contribution in [0.4, 0.5) is 0 Å². The highest BCUT2D eigenvalue weighted by molar-refractivity contribution is 5.90. The summed E-state index contributed by atoms with van der Waals surface area (Å²) >= 11 is 0. The Kier molecular flexibility index (Phi) is 4.27. The number of rotatable bonds is 7. The molecule has 1 atom stereocenters. The first kappa shape index (κ1) is 13.0. The molecule has 7 heteroatoms. The van der Waals surface area contributed by atoms with Gasteiger partial charge in [0.1, 0.15) is 5.82 Å². The number of hydrogen-bond donors (Lipinski definition) is 4. The van der Waals surface area contributed by atoms with E-state index >= 15 is 0 Å². The zero-order valence-electron chi connectivity index (χ0n) is 10.4. The number of hydrogen-bond acceptors (Lipinski definition) is 5. The summed E-state index contributed by atoms with van der Waals surface area (Å²) in [7, 11) is 0. The number of nitrogens with one attached hydrogen (secondary N) is 3. The third-order valence-electron chi connectivity index (χ3n) is 2.70. The highest BCUT2D eigenvalue weighted by Crippen LogP contribution is 2.37. The van der Waals surface area contributed by atoms with Crippen molar-refractivity contribution in [3.63, 3.8) is 0 Å². The van der Waals surface area contributed by atoms with Gasteiger partial charge in [0.05, 0.1) is 6.10 Å². The highest BCUT2D eigenvalue weighted by Gasteiger charge is 2.28. The second kappa shape index (κ2) is 5.92. The van der Waals surface area contributed by atoms with Crippen molar-refractivity contribution in [3.05, 3.63) is 11.6 Å². The number of aromatic nitrogens is 3. The van der Waals surface area contributed by atoms with E-state index in [9.17, 15) is 4.79 Å². The molecule has 1 amide bonds. The molecule has 100 valence electrons. The number of amides is 1. The summed E-state index contributed by atoms with van der Waals surface area (Å²) in [5.41, 5.74) is 0. The molecule has 4 N–H and O–H groups in total. The Hall–Kier alpha value is -1.47. The molecule has 0 radical (unpaired) electrons. The van der Waals surface area contributed by atoms with Gasteiger partial charge >= 0.3 is 0 Å². The summed E-state index contributed by atoms with van der Waals surface area (Å²) in [6.45, 7) is 3.32. The molecule has 1 aliphatic rings. The lowest BCUT2D eigenvalue weighted by Crippen LogP contribution is -2.34. The van der Waals surface area contributed by atoms with Crippen molar-refractivity contribution in [2.24, 2.45) is 0 Å². The Balaban J connectivity index is 1.67. The quantitative estimate of drug-likeness (QED) is 0.485. The topological polar surface area (TPSA) is 103 Å². The minimum Gasteiger partial charge on any atom is -0.392 e. The molecule has 1 heterocycles. The van der Waals surface area contributed by atoms with Crippen molar-refractivity contribution in [1.82, 2.24) is 25.8 Å². The summed E-state index contributed by atoms with van der Waals surface area (Å²) in [5.74, 6) is 1.21. The molecular weight excluding hydrogens is 234 g/mol. The largest absolute Gasteiger partial charge is 0.392 e. The van der Waals surface area contributed by atoms with Crippen LogP contribution in [-0.4, -0.2) is 51.9 Å². The van der Waals surface area contributed by atoms with Gasteiger partial charge in [-0.15, -0.1) is 5.10 Å². The predicted octanol–water partition coefficient (Wildman–Crippen LogP) is -0.618. The van der Waals surface area contributed by atoms with E-state index in [-0.39, 0.29) is 17.8 Å². The fourth-order valence-corrected chi connectivity index (χ4v) is 1.57. The predicted molar refractivity (Wildman–Crippen MR) is 65.2 cm³/mol. The summed E-state index contributed by atoms with van der Waals surface area (Å²) in [4.78, 5) is 15.8. The third-order valence-corrected chi connectivity index (χ3v) is 2.70. The van der Waals surface area contributed by atoms with Gasteiger partial charge in [0.15, 0.2) is 0 Å². The summed E-state index contributed by atoms with van der Waals surface area (Å²) in [6.07, 6.45) is 1.87. The summed E-state index contributed by atoms with van der Waals surface area (Å²) in [6, 6.07) is 0. The van der Waals surface area contributed by atoms with Crippen molar-refractivity contribution >= 4 is 5.91 Å². The summed E-state index contributed by atoms with van der Waals surface area (Å²) < 4.78 is 0. The molecule has 1 aromatic heterocycles. The van der Waals surface area contributed by atoms with Crippen LogP contribution in [0.2, 0.25) is 0 Å². The van der Waals surface area contributed by atoms with Crippen molar-refractivity contribution < 1.29 is 9.90 Å². The lowest BCUT2D eigenvalue weighted by molar-refractivity contribution is 0.0943. The van der Waals surface area contributed by atoms with Crippen molar-refractivity contribution in [1.29, 1.82) is 0 Å². The first-order valence-electron chi connectivity index (χ1n) is 6.26. The zero-order chi connectivity index (χ0) is 13.0. The van der Waals surface area contributed by atoms with Crippen LogP contribution in [0.5, 0.6) is 0 Å². The van der Waals surface area contributed by atoms with Crippen LogP contribution in [0.15, 0.2) is 0 Å². The third kappa shape index (κ3) is 3.78. The second-order valence-corrected chi connectivity index (χ2v) is 4.63. The molecule has 1 fully saturated rings. The van der Waals surface area contributed by atoms with E-state index in [1.165, 1.54) is 0 Å². The van der Waals surface area contributed by atoms with Gasteiger partial charge in [-0.1, -0.05) is 0 Å². The van der Waals surface area contributed by atoms with Gasteiger partial charge < -0.3 is 15.7 Å². The van der Waals surface area contributed by atoms with E-state index < -0.39 is 0 Å². The van der Waals surface area contributed by atoms with Crippen molar-refractivity contribution in [3.8, 4) is 0 Å². The number of aliphatic hydroxyl groups is 1. The standard InChI is InChI=1S/C11H19N5O2/c1-7(17)6-12-4-5-13-11(18)10-14-9(15-16-10)8-2-3-8/h7-8,12,17H,2-6H2,1H3,(H,13,18)(H,14,15,16). The smallest absolute Gasteiger partial charge is 0.291 e. The average Bonchev–Trinajstić information content (AvgIpc) is 3.06. The van der Waals surface area contributed by atoms with E-state index in [0.29, 0.717) is 25.6 Å². The Bertz CT molecular complexity index is 400. The molecule has 1 aliphatic carbocycles. The van der Waals surface area contributed by atoms with Crippen LogP contribution in [0.3, 0.4) is 0 Å². The summed E-state index contributed by atoms with van der Waals surface area (Å²) in [5, 5.41) is 21.4. The fourth-order valence-electron chi connectivity index (χ4n) is 1.57. The molecule has 1 unspecified atom stereocenters. The number of H-pyrrole nitrogens is 1. The van der Waals surface area contributed by atoms with E-state index in [1.54, 1.807) is 6.92 Å². The van der Waals surface area contributed by atoms with E-state index in [0.717, 1.165) is 18.7 Å². The minimum atomic E-state index is -0.380. The molecule has 0 bridgehead atoms. The Labute approximate surface area is 105 Å². The normalized spacial score (nSPS) is 16.6. The van der Waals surface area contributed by atoms with E-state index in [4.69, 9.17) is 5.11 Å². The van der Waals surface area contributed by atoms with Crippen LogP contribution >= 0.6 is 0 Å². The van der Waals surface area contributed by atoms with Gasteiger partial charge in [0, 0.05) is 25.6 Å². The lowest BCUT2D eigenvalue weighted by atomic mass is 10.4. The van der Waals surface area contributed by atoms with Gasteiger partial charge in [-0.05, 0) is 19.8 Å². The molecule has 0 spiro atoms. The number of carbonyl (C=O) groups is 1. The van der Waals surface area contributed by atoms with Gasteiger partial charge in [0.25, 0.3) is 5.91 Å². The SMILES string of the molecule is CC(O)CNCCNC(=O)c1n[nH]c(C2CC2)n1. The van der Waals surface area contributed by atoms with Crippen LogP contribution in [0.25, 0.3) is 0 Å². The van der Waals surface area contributed by atoms with Crippen molar-refractivity contribution in [2.45, 2.75) is 31.8 Å². The number of nitrogens with zero attached hydrogens (tertiary/aromatic N) is 2. The first-order valence-corrected chi connectivity index (χ1v) is 6.26. The fraction of sp³-hybridized carbons (Fsp3) is 0.727. The molecule has 7 nitrogen and oxygen atoms in total. The van der Waals surface area contributed by atoms with E-state index in [1.807, 2.05) is 0 Å². The monoisotopic (exact) mass is 253 g/mol. The maximum absolute atomic E-state index is 11.7. The number of carbonyl (C=O) groups excluding carboxylic acids is 1. The van der Waals surface area contributed by atoms with Crippen LogP contribution in [0, 0.1) is 0 Å². The minimum absolute atomic E-state index is 0.201. The van der Waals surface area contributed by atoms with Gasteiger partial charge in [-0.25, -0.2) is 4.98 Å². The van der Waals surface area contributed by atoms with Crippen molar-refractivity contribution in [2.75, 3.05) is 19.6 Å². The molecule has 0 saturated heterocycles. The Morgan fingerprint density at radius 1 is 1.56 bits per heavy atom. The zero-order valence-corrected chi connectivity index (χ0v) is 10.4.